The number of rotatable bonds is 8. The second-order valence-electron chi connectivity index (χ2n) is 7.17. The van der Waals surface area contributed by atoms with Gasteiger partial charge in [-0.05, 0) is 38.1 Å². The number of amides is 1. The lowest BCUT2D eigenvalue weighted by molar-refractivity contribution is -0.131. The van der Waals surface area contributed by atoms with Crippen LogP contribution < -0.4 is 0 Å². The maximum Gasteiger partial charge on any atom is 0.227 e. The minimum Gasteiger partial charge on any atom is -0.348 e. The highest BCUT2D eigenvalue weighted by atomic mass is 16.2. The third-order valence-corrected chi connectivity index (χ3v) is 4.45. The van der Waals surface area contributed by atoms with Crippen molar-refractivity contribution >= 4 is 5.91 Å². The lowest BCUT2D eigenvalue weighted by atomic mass is 10.0. The van der Waals surface area contributed by atoms with Gasteiger partial charge < -0.3 is 14.8 Å². The summed E-state index contributed by atoms with van der Waals surface area (Å²) >= 11 is 0. The molecule has 1 N–H and O–H groups in total. The van der Waals surface area contributed by atoms with Gasteiger partial charge in [0.25, 0.3) is 0 Å². The number of carbonyl (C=O) groups excluding carboxylic acids is 1. The van der Waals surface area contributed by atoms with E-state index in [1.807, 2.05) is 25.9 Å². The number of hydrogen-bond donors (Lipinski definition) is 1. The second kappa shape index (κ2) is 8.81. The summed E-state index contributed by atoms with van der Waals surface area (Å²) in [6.45, 7) is 8.42. The highest BCUT2D eigenvalue weighted by Gasteiger charge is 2.17. The lowest BCUT2D eigenvalue weighted by Crippen LogP contribution is -2.37. The van der Waals surface area contributed by atoms with E-state index in [2.05, 4.69) is 53.0 Å². The highest BCUT2D eigenvalue weighted by molar-refractivity contribution is 5.78. The number of nitrogens with one attached hydrogen (secondary N) is 1. The predicted molar refractivity (Wildman–Crippen MR) is 102 cm³/mol. The number of aromatic nitrogens is 2. The van der Waals surface area contributed by atoms with Crippen LogP contribution >= 0.6 is 0 Å². The average Bonchev–Trinajstić information content (AvgIpc) is 2.96. The van der Waals surface area contributed by atoms with Gasteiger partial charge in [-0.1, -0.05) is 38.1 Å². The number of carbonyl (C=O) groups is 1. The van der Waals surface area contributed by atoms with Crippen LogP contribution in [-0.4, -0.2) is 52.9 Å². The summed E-state index contributed by atoms with van der Waals surface area (Å²) in [6.07, 6.45) is 2.11. The summed E-state index contributed by atoms with van der Waals surface area (Å²) in [5.74, 6) is 0.644. The Kier molecular flexibility index (Phi) is 6.76. The van der Waals surface area contributed by atoms with Crippen molar-refractivity contribution in [1.82, 2.24) is 19.8 Å². The van der Waals surface area contributed by atoms with Crippen LogP contribution in [0.15, 0.2) is 30.6 Å². The molecule has 0 spiro atoms. The van der Waals surface area contributed by atoms with Gasteiger partial charge in [-0.3, -0.25) is 4.79 Å². The molecule has 1 aromatic heterocycles. The van der Waals surface area contributed by atoms with Crippen molar-refractivity contribution < 1.29 is 4.79 Å². The first-order chi connectivity index (χ1) is 11.9. The van der Waals surface area contributed by atoms with E-state index in [1.165, 1.54) is 5.56 Å². The van der Waals surface area contributed by atoms with Gasteiger partial charge in [-0.2, -0.15) is 0 Å². The molecule has 0 aliphatic carbocycles. The Morgan fingerprint density at radius 3 is 2.36 bits per heavy atom. The van der Waals surface area contributed by atoms with Crippen LogP contribution in [-0.2, 0) is 17.8 Å². The number of likely N-dealkylation sites (N-methyl/N-ethyl adjacent to an activating group) is 1. The van der Waals surface area contributed by atoms with E-state index in [0.717, 1.165) is 23.5 Å². The van der Waals surface area contributed by atoms with Crippen molar-refractivity contribution in [3.05, 3.63) is 53.1 Å². The maximum absolute atomic E-state index is 12.9. The Balaban J connectivity index is 2.06. The fraction of sp³-hybridized carbons (Fsp3) is 0.500. The fourth-order valence-electron chi connectivity index (χ4n) is 2.65. The number of aromatic amines is 1. The van der Waals surface area contributed by atoms with E-state index in [1.54, 1.807) is 6.33 Å². The van der Waals surface area contributed by atoms with Crippen LogP contribution in [0.2, 0.25) is 0 Å². The summed E-state index contributed by atoms with van der Waals surface area (Å²) in [6, 6.07) is 8.37. The smallest absolute Gasteiger partial charge is 0.227 e. The maximum atomic E-state index is 12.9. The first-order valence-corrected chi connectivity index (χ1v) is 8.87. The summed E-state index contributed by atoms with van der Waals surface area (Å²) in [7, 11) is 4.04. The van der Waals surface area contributed by atoms with Crippen LogP contribution in [0.5, 0.6) is 0 Å². The predicted octanol–water partition coefficient (Wildman–Crippen LogP) is 2.97. The first-order valence-electron chi connectivity index (χ1n) is 8.87. The molecular formula is C20H30N4O. The van der Waals surface area contributed by atoms with Crippen molar-refractivity contribution in [3.8, 4) is 0 Å². The molecule has 0 aliphatic heterocycles. The molecule has 5 nitrogen and oxygen atoms in total. The summed E-state index contributed by atoms with van der Waals surface area (Å²) in [5.41, 5.74) is 4.31. The van der Waals surface area contributed by atoms with E-state index in [-0.39, 0.29) is 5.91 Å². The monoisotopic (exact) mass is 342 g/mol. The molecular weight excluding hydrogens is 312 g/mol. The minimum atomic E-state index is 0.140. The zero-order valence-corrected chi connectivity index (χ0v) is 16.0. The largest absolute Gasteiger partial charge is 0.348 e. The zero-order valence-electron chi connectivity index (χ0n) is 16.0. The molecule has 0 aliphatic rings. The molecule has 0 saturated carbocycles. The van der Waals surface area contributed by atoms with E-state index in [0.29, 0.717) is 25.4 Å². The van der Waals surface area contributed by atoms with Crippen molar-refractivity contribution in [2.24, 2.45) is 0 Å². The summed E-state index contributed by atoms with van der Waals surface area (Å²) < 4.78 is 0. The first kappa shape index (κ1) is 19.2. The van der Waals surface area contributed by atoms with Gasteiger partial charge in [0.05, 0.1) is 25.0 Å². The number of H-pyrrole nitrogens is 1. The molecule has 0 bridgehead atoms. The highest BCUT2D eigenvalue weighted by Crippen LogP contribution is 2.16. The third-order valence-electron chi connectivity index (χ3n) is 4.45. The molecule has 0 unspecified atom stereocenters. The molecule has 0 fully saturated rings. The number of hydrogen-bond acceptors (Lipinski definition) is 3. The van der Waals surface area contributed by atoms with Crippen LogP contribution in [0, 0.1) is 6.92 Å². The number of imidazole rings is 1. The second-order valence-corrected chi connectivity index (χ2v) is 7.17. The average molecular weight is 342 g/mol. The van der Waals surface area contributed by atoms with E-state index >= 15 is 0 Å². The number of nitrogens with zero attached hydrogens (tertiary/aromatic N) is 3. The molecule has 5 heteroatoms. The van der Waals surface area contributed by atoms with Gasteiger partial charge >= 0.3 is 0 Å². The van der Waals surface area contributed by atoms with Gasteiger partial charge in [-0.15, -0.1) is 0 Å². The molecule has 25 heavy (non-hydrogen) atoms. The van der Waals surface area contributed by atoms with E-state index in [4.69, 9.17) is 0 Å². The van der Waals surface area contributed by atoms with Crippen molar-refractivity contribution in [1.29, 1.82) is 0 Å². The summed E-state index contributed by atoms with van der Waals surface area (Å²) in [4.78, 5) is 24.3. The van der Waals surface area contributed by atoms with E-state index < -0.39 is 0 Å². The normalized spacial score (nSPS) is 11.3. The quantitative estimate of drug-likeness (QED) is 0.802. The molecule has 1 aromatic carbocycles. The molecule has 1 heterocycles. The molecule has 2 aromatic rings. The van der Waals surface area contributed by atoms with Crippen LogP contribution in [0.25, 0.3) is 0 Å². The fourth-order valence-corrected chi connectivity index (χ4v) is 2.65. The topological polar surface area (TPSA) is 52.2 Å². The van der Waals surface area contributed by atoms with Crippen LogP contribution in [0.1, 0.15) is 42.3 Å². The molecule has 136 valence electrons. The third kappa shape index (κ3) is 5.71. The lowest BCUT2D eigenvalue weighted by Gasteiger charge is -2.24. The SMILES string of the molecule is Cc1[nH]cnc1CN(CCN(C)C)C(=O)Cc1ccc(C(C)C)cc1. The Morgan fingerprint density at radius 2 is 1.84 bits per heavy atom. The van der Waals surface area contributed by atoms with Gasteiger partial charge in [0.2, 0.25) is 5.91 Å². The Morgan fingerprint density at radius 1 is 1.16 bits per heavy atom. The van der Waals surface area contributed by atoms with Crippen molar-refractivity contribution in [3.63, 3.8) is 0 Å². The Labute approximate surface area is 151 Å². The van der Waals surface area contributed by atoms with Crippen molar-refractivity contribution in [2.45, 2.75) is 39.7 Å². The Bertz CT molecular complexity index is 673. The molecule has 0 atom stereocenters. The van der Waals surface area contributed by atoms with Gasteiger partial charge in [0.1, 0.15) is 0 Å². The summed E-state index contributed by atoms with van der Waals surface area (Å²) in [5, 5.41) is 0. The molecule has 0 radical (unpaired) electrons. The standard InChI is InChI=1S/C20H30N4O/c1-15(2)18-8-6-17(7-9-18)12-20(25)24(11-10-23(4)5)13-19-16(3)21-14-22-19/h6-9,14-15H,10-13H2,1-5H3,(H,21,22). The zero-order chi connectivity index (χ0) is 18.4. The van der Waals surface area contributed by atoms with Gasteiger partial charge in [0.15, 0.2) is 0 Å². The minimum absolute atomic E-state index is 0.140. The van der Waals surface area contributed by atoms with Gasteiger partial charge in [-0.25, -0.2) is 4.98 Å². The molecule has 0 saturated heterocycles. The Hall–Kier alpha value is -2.14. The van der Waals surface area contributed by atoms with Crippen LogP contribution in [0.4, 0.5) is 0 Å². The van der Waals surface area contributed by atoms with Crippen LogP contribution in [0.3, 0.4) is 0 Å². The van der Waals surface area contributed by atoms with Gasteiger partial charge in [0, 0.05) is 18.8 Å². The van der Waals surface area contributed by atoms with Crippen molar-refractivity contribution in [2.75, 3.05) is 27.2 Å². The number of aryl methyl sites for hydroxylation is 1. The molecule has 1 amide bonds. The van der Waals surface area contributed by atoms with E-state index in [9.17, 15) is 4.79 Å². The molecule has 2 rings (SSSR count). The number of benzene rings is 1.